The van der Waals surface area contributed by atoms with Gasteiger partial charge in [0, 0.05) is 32.1 Å². The smallest absolute Gasteiger partial charge is 0.251 e. The summed E-state index contributed by atoms with van der Waals surface area (Å²) in [6, 6.07) is 0.212. The molecule has 2 amide bonds. The van der Waals surface area contributed by atoms with Crippen LogP contribution in [0.25, 0.3) is 0 Å². The Balaban J connectivity index is 0.00000225. The molecule has 2 atom stereocenters. The van der Waals surface area contributed by atoms with Gasteiger partial charge < -0.3 is 20.7 Å². The molecule has 144 valence electrons. The third-order valence-electron chi connectivity index (χ3n) is 5.77. The molecule has 3 aliphatic rings. The highest BCUT2D eigenvalue weighted by molar-refractivity contribution is 5.85. The van der Waals surface area contributed by atoms with E-state index in [0.29, 0.717) is 32.0 Å². The predicted molar refractivity (Wildman–Crippen MR) is 98.5 cm³/mol. The van der Waals surface area contributed by atoms with Crippen molar-refractivity contribution >= 4 is 24.2 Å². The van der Waals surface area contributed by atoms with Crippen molar-refractivity contribution in [2.24, 2.45) is 11.7 Å². The van der Waals surface area contributed by atoms with E-state index in [1.807, 2.05) is 4.90 Å². The van der Waals surface area contributed by atoms with E-state index < -0.39 is 0 Å². The Labute approximate surface area is 156 Å². The summed E-state index contributed by atoms with van der Waals surface area (Å²) in [4.78, 5) is 26.5. The number of hydrogen-bond donors (Lipinski definition) is 2. The van der Waals surface area contributed by atoms with E-state index in [1.54, 1.807) is 0 Å². The number of rotatable bonds is 5. The summed E-state index contributed by atoms with van der Waals surface area (Å²) in [6.45, 7) is 1.90. The molecule has 1 aliphatic carbocycles. The van der Waals surface area contributed by atoms with Crippen LogP contribution in [0.1, 0.15) is 57.8 Å². The molecular weight excluding hydrogens is 342 g/mol. The highest BCUT2D eigenvalue weighted by Gasteiger charge is 2.34. The number of piperidine rings is 1. The maximum absolute atomic E-state index is 12.5. The zero-order chi connectivity index (χ0) is 16.9. The third kappa shape index (κ3) is 5.56. The first-order valence-electron chi connectivity index (χ1n) is 9.59. The predicted octanol–water partition coefficient (Wildman–Crippen LogP) is 1.60. The van der Waals surface area contributed by atoms with E-state index in [9.17, 15) is 9.59 Å². The van der Waals surface area contributed by atoms with Crippen molar-refractivity contribution in [3.8, 4) is 0 Å². The number of halogens is 1. The van der Waals surface area contributed by atoms with Crippen LogP contribution in [-0.2, 0) is 14.3 Å². The number of hydrogen-bond acceptors (Lipinski definition) is 4. The second kappa shape index (κ2) is 9.74. The second-order valence-corrected chi connectivity index (χ2v) is 7.58. The number of nitrogens with two attached hydrogens (primary N) is 1. The fourth-order valence-corrected chi connectivity index (χ4v) is 4.27. The fourth-order valence-electron chi connectivity index (χ4n) is 4.27. The van der Waals surface area contributed by atoms with E-state index in [-0.39, 0.29) is 42.5 Å². The maximum atomic E-state index is 12.5. The van der Waals surface area contributed by atoms with Crippen LogP contribution in [0.2, 0.25) is 0 Å². The maximum Gasteiger partial charge on any atom is 0.251 e. The summed E-state index contributed by atoms with van der Waals surface area (Å²) < 4.78 is 5.71. The average molecular weight is 374 g/mol. The van der Waals surface area contributed by atoms with Crippen LogP contribution in [0.4, 0.5) is 0 Å². The van der Waals surface area contributed by atoms with Crippen molar-refractivity contribution in [1.29, 1.82) is 0 Å². The number of carbonyl (C=O) groups is 2. The first kappa shape index (κ1) is 20.5. The quantitative estimate of drug-likeness (QED) is 0.766. The van der Waals surface area contributed by atoms with Crippen molar-refractivity contribution in [3.05, 3.63) is 0 Å². The Kier molecular flexibility index (Phi) is 7.97. The molecule has 0 aromatic rings. The second-order valence-electron chi connectivity index (χ2n) is 7.58. The third-order valence-corrected chi connectivity index (χ3v) is 5.77. The number of nitrogens with one attached hydrogen (secondary N) is 1. The van der Waals surface area contributed by atoms with Crippen molar-refractivity contribution < 1.29 is 14.3 Å². The van der Waals surface area contributed by atoms with E-state index >= 15 is 0 Å². The molecule has 0 unspecified atom stereocenters. The number of likely N-dealkylation sites (tertiary alicyclic amines) is 1. The van der Waals surface area contributed by atoms with E-state index in [1.165, 1.54) is 25.7 Å². The summed E-state index contributed by atoms with van der Waals surface area (Å²) in [5.41, 5.74) is 5.61. The molecule has 2 aliphatic heterocycles. The summed E-state index contributed by atoms with van der Waals surface area (Å²) in [7, 11) is 0. The van der Waals surface area contributed by atoms with Crippen molar-refractivity contribution in [2.75, 3.05) is 19.6 Å². The van der Waals surface area contributed by atoms with Crippen LogP contribution in [0.3, 0.4) is 0 Å². The number of carbonyl (C=O) groups excluding carboxylic acids is 2. The molecule has 2 heterocycles. The summed E-state index contributed by atoms with van der Waals surface area (Å²) in [5, 5.41) is 3.17. The monoisotopic (exact) mass is 373 g/mol. The van der Waals surface area contributed by atoms with Crippen molar-refractivity contribution in [2.45, 2.75) is 76.0 Å². The van der Waals surface area contributed by atoms with E-state index in [0.717, 1.165) is 25.7 Å². The SMILES string of the molecule is Cl.NC[C@H]1CC[C@@H](C(=O)N2CCC(NC(=O)CC3CCCC3)CC2)O1. The largest absolute Gasteiger partial charge is 0.364 e. The van der Waals surface area contributed by atoms with Crippen LogP contribution in [0.15, 0.2) is 0 Å². The van der Waals surface area contributed by atoms with Crippen molar-refractivity contribution in [1.82, 2.24) is 10.2 Å². The molecule has 2 saturated heterocycles. The minimum atomic E-state index is -0.313. The highest BCUT2D eigenvalue weighted by atomic mass is 35.5. The number of amides is 2. The lowest BCUT2D eigenvalue weighted by molar-refractivity contribution is -0.143. The molecule has 3 rings (SSSR count). The van der Waals surface area contributed by atoms with Gasteiger partial charge in [-0.3, -0.25) is 9.59 Å². The summed E-state index contributed by atoms with van der Waals surface area (Å²) >= 11 is 0. The number of nitrogens with zero attached hydrogens (tertiary/aromatic N) is 1. The van der Waals surface area contributed by atoms with Crippen LogP contribution in [-0.4, -0.2) is 54.6 Å². The van der Waals surface area contributed by atoms with Gasteiger partial charge in [-0.2, -0.15) is 0 Å². The van der Waals surface area contributed by atoms with Gasteiger partial charge >= 0.3 is 0 Å². The Morgan fingerprint density at radius 1 is 1.04 bits per heavy atom. The topological polar surface area (TPSA) is 84.7 Å². The molecule has 0 aromatic heterocycles. The van der Waals surface area contributed by atoms with Crippen LogP contribution < -0.4 is 11.1 Å². The Bertz CT molecular complexity index is 449. The first-order chi connectivity index (χ1) is 11.7. The van der Waals surface area contributed by atoms with Gasteiger partial charge in [0.05, 0.1) is 6.10 Å². The van der Waals surface area contributed by atoms with Gasteiger partial charge in [0.1, 0.15) is 6.10 Å². The fraction of sp³-hybridized carbons (Fsp3) is 0.889. The molecule has 0 bridgehead atoms. The van der Waals surface area contributed by atoms with Gasteiger partial charge in [0.25, 0.3) is 5.91 Å². The Hall–Kier alpha value is -0.850. The molecule has 6 nitrogen and oxygen atoms in total. The van der Waals surface area contributed by atoms with Crippen LogP contribution in [0, 0.1) is 5.92 Å². The molecular formula is C18H32ClN3O3. The molecule has 0 aromatic carbocycles. The lowest BCUT2D eigenvalue weighted by atomic mass is 10.0. The van der Waals surface area contributed by atoms with Crippen LogP contribution in [0.5, 0.6) is 0 Å². The standard InChI is InChI=1S/C18H31N3O3.ClH/c19-12-15-5-6-16(24-15)18(23)21-9-7-14(8-10-21)20-17(22)11-13-3-1-2-4-13;/h13-16H,1-12,19H2,(H,20,22);1H/t15-,16+;/m1./s1. The molecule has 25 heavy (non-hydrogen) atoms. The normalized spacial score (nSPS) is 28.0. The lowest BCUT2D eigenvalue weighted by Crippen LogP contribution is -2.49. The summed E-state index contributed by atoms with van der Waals surface area (Å²) in [5.74, 6) is 0.875. The Morgan fingerprint density at radius 3 is 2.32 bits per heavy atom. The van der Waals surface area contributed by atoms with Gasteiger partial charge in [-0.25, -0.2) is 0 Å². The first-order valence-corrected chi connectivity index (χ1v) is 9.59. The molecule has 0 spiro atoms. The minimum Gasteiger partial charge on any atom is -0.364 e. The van der Waals surface area contributed by atoms with Crippen molar-refractivity contribution in [3.63, 3.8) is 0 Å². The molecule has 0 radical (unpaired) electrons. The zero-order valence-electron chi connectivity index (χ0n) is 15.0. The molecule has 3 fully saturated rings. The molecule has 7 heteroatoms. The molecule has 3 N–H and O–H groups in total. The van der Waals surface area contributed by atoms with Gasteiger partial charge in [-0.15, -0.1) is 12.4 Å². The number of ether oxygens (including phenoxy) is 1. The Morgan fingerprint density at radius 2 is 1.72 bits per heavy atom. The van der Waals surface area contributed by atoms with Crippen LogP contribution >= 0.6 is 12.4 Å². The minimum absolute atomic E-state index is 0. The lowest BCUT2D eigenvalue weighted by Gasteiger charge is -2.34. The highest BCUT2D eigenvalue weighted by Crippen LogP contribution is 2.27. The molecule has 1 saturated carbocycles. The van der Waals surface area contributed by atoms with Gasteiger partial charge in [0.2, 0.25) is 5.91 Å². The van der Waals surface area contributed by atoms with E-state index in [4.69, 9.17) is 10.5 Å². The van der Waals surface area contributed by atoms with Gasteiger partial charge in [-0.1, -0.05) is 12.8 Å². The van der Waals surface area contributed by atoms with Gasteiger partial charge in [0.15, 0.2) is 0 Å². The average Bonchev–Trinajstić information content (AvgIpc) is 3.26. The van der Waals surface area contributed by atoms with E-state index in [2.05, 4.69) is 5.32 Å². The zero-order valence-corrected chi connectivity index (χ0v) is 15.8. The van der Waals surface area contributed by atoms with Gasteiger partial charge in [-0.05, 0) is 44.4 Å². The summed E-state index contributed by atoms with van der Waals surface area (Å²) in [6.07, 6.45) is 8.67.